The van der Waals surface area contributed by atoms with E-state index in [1.165, 1.54) is 6.92 Å². The van der Waals surface area contributed by atoms with Crippen LogP contribution in [0.1, 0.15) is 106 Å². The molecule has 0 bridgehead atoms. The minimum absolute atomic E-state index is 0.0282. The number of carboxylic acid groups (broad SMARTS) is 2. The Kier molecular flexibility index (Phi) is 13.8. The van der Waals surface area contributed by atoms with Crippen molar-refractivity contribution in [3.8, 4) is 0 Å². The number of carbonyl (C=O) groups excluding carboxylic acids is 1. The molecule has 20 nitrogen and oxygen atoms in total. The molecule has 5 aliphatic carbocycles. The molecule has 11 N–H and O–H groups in total. The van der Waals surface area contributed by atoms with E-state index in [-0.39, 0.29) is 36.0 Å². The Morgan fingerprint density at radius 2 is 1.34 bits per heavy atom. The van der Waals surface area contributed by atoms with Crippen molar-refractivity contribution in [2.45, 2.75) is 211 Å². The summed E-state index contributed by atoms with van der Waals surface area (Å²) in [5.41, 5.74) is -3.12. The Bertz CT molecular complexity index is 1950. The first-order valence-corrected chi connectivity index (χ1v) is 24.3. The third kappa shape index (κ3) is 7.77. The van der Waals surface area contributed by atoms with Gasteiger partial charge in [-0.2, -0.15) is 0 Å². The van der Waals surface area contributed by atoms with Crippen LogP contribution in [0.2, 0.25) is 0 Å². The monoisotopic (exact) mass is 970 g/mol. The summed E-state index contributed by atoms with van der Waals surface area (Å²) in [5.74, 6) is -3.37. The van der Waals surface area contributed by atoms with Gasteiger partial charge in [0.05, 0.1) is 30.3 Å². The first-order valence-electron chi connectivity index (χ1n) is 24.3. The molecule has 25 atom stereocenters. The molecular weight excluding hydrogens is 897 g/mol. The maximum Gasteiger partial charge on any atom is 0.335 e. The zero-order valence-corrected chi connectivity index (χ0v) is 39.9. The molecule has 10 unspecified atom stereocenters. The van der Waals surface area contributed by atoms with E-state index in [9.17, 15) is 70.6 Å². The third-order valence-electron chi connectivity index (χ3n) is 19.3. The lowest BCUT2D eigenvalue weighted by atomic mass is 9.33. The zero-order valence-electron chi connectivity index (χ0n) is 39.9. The van der Waals surface area contributed by atoms with Crippen LogP contribution in [0.3, 0.4) is 0 Å². The highest BCUT2D eigenvalue weighted by molar-refractivity contribution is 5.78. The molecule has 20 heteroatoms. The molecule has 0 amide bonds. The second kappa shape index (κ2) is 18.0. The number of aldehydes is 1. The number of ether oxygens (including phenoxy) is 6. The number of aliphatic hydroxyl groups excluding tert-OH is 9. The molecule has 7 fully saturated rings. The van der Waals surface area contributed by atoms with E-state index in [0.29, 0.717) is 44.9 Å². The molecule has 3 saturated heterocycles. The topological polar surface area (TPSA) is 329 Å². The van der Waals surface area contributed by atoms with Gasteiger partial charge in [0.1, 0.15) is 72.7 Å². The largest absolute Gasteiger partial charge is 0.481 e. The number of aliphatic carboxylic acids is 2. The van der Waals surface area contributed by atoms with Gasteiger partial charge >= 0.3 is 11.9 Å². The normalized spacial score (nSPS) is 54.5. The minimum Gasteiger partial charge on any atom is -0.481 e. The van der Waals surface area contributed by atoms with Gasteiger partial charge in [0.15, 0.2) is 25.0 Å². The van der Waals surface area contributed by atoms with Crippen molar-refractivity contribution in [3.05, 3.63) is 11.6 Å². The lowest BCUT2D eigenvalue weighted by Crippen LogP contribution is -2.69. The van der Waals surface area contributed by atoms with E-state index in [4.69, 9.17) is 28.4 Å². The van der Waals surface area contributed by atoms with Crippen LogP contribution < -0.4 is 0 Å². The van der Waals surface area contributed by atoms with Crippen molar-refractivity contribution in [2.75, 3.05) is 6.61 Å². The highest BCUT2D eigenvalue weighted by atomic mass is 16.8. The van der Waals surface area contributed by atoms with Crippen LogP contribution in [-0.2, 0) is 42.8 Å². The lowest BCUT2D eigenvalue weighted by Gasteiger charge is -2.71. The Morgan fingerprint density at radius 3 is 1.96 bits per heavy atom. The van der Waals surface area contributed by atoms with Gasteiger partial charge in [-0.25, -0.2) is 4.79 Å². The summed E-state index contributed by atoms with van der Waals surface area (Å²) in [4.78, 5) is 39.9. The number of allylic oxidation sites excluding steroid dienone is 2. The fourth-order valence-electron chi connectivity index (χ4n) is 15.0. The summed E-state index contributed by atoms with van der Waals surface area (Å²) in [6.07, 6.45) is -21.9. The molecule has 3 heterocycles. The molecule has 68 heavy (non-hydrogen) atoms. The summed E-state index contributed by atoms with van der Waals surface area (Å²) < 4.78 is 36.2. The second-order valence-corrected chi connectivity index (χ2v) is 23.3. The quantitative estimate of drug-likeness (QED) is 0.0778. The van der Waals surface area contributed by atoms with Gasteiger partial charge in [0.2, 0.25) is 0 Å². The van der Waals surface area contributed by atoms with Gasteiger partial charge in [0.25, 0.3) is 0 Å². The molecule has 0 aromatic heterocycles. The van der Waals surface area contributed by atoms with E-state index in [1.54, 1.807) is 6.92 Å². The predicted octanol–water partition coefficient (Wildman–Crippen LogP) is -0.0241. The van der Waals surface area contributed by atoms with Crippen molar-refractivity contribution >= 4 is 18.2 Å². The number of rotatable bonds is 10. The molecule has 4 saturated carbocycles. The van der Waals surface area contributed by atoms with Crippen LogP contribution in [0.5, 0.6) is 0 Å². The standard InChI is InChI=1S/C48H74O20/c1-20-28(52)30(54)32(56)39(63-20)66-35-34(58)36(38(59)60)67-41(37(35)68-40-33(57)31(55)29(53)23(18-49)64-40)65-27-11-12-44(4)24(45(27,5)19-50)10-13-46(6)25(44)9-8-21-22-16-43(2,3)14-15-48(22,42(61)62)26(51)17-47(21,46)7/h8,19-20,22-37,39-41,49,51-58H,9-18H2,1-7H3,(H,59,60)(H,61,62)/t20-,22?,23?,24+,25?,26-,27-,28-,29-,30?,31-,32?,33?,34-,35-,36?,37?,39-,40-,41+,44?,45+,46?,47+,48+/m0/s1. The number of hydrogen-bond donors (Lipinski definition) is 11. The molecule has 8 aliphatic rings. The average Bonchev–Trinajstić information content (AvgIpc) is 3.27. The average molecular weight is 971 g/mol. The van der Waals surface area contributed by atoms with E-state index < -0.39 is 150 Å². The smallest absolute Gasteiger partial charge is 0.335 e. The van der Waals surface area contributed by atoms with E-state index in [2.05, 4.69) is 40.7 Å². The number of carboxylic acids is 2. The Labute approximate surface area is 395 Å². The SMILES string of the molecule is C[C@@H]1O[C@@H](O[C@@H]2C(O[C@@H]3OC(CO)[C@H](O)[C@H](O)C3O)[C@H](O[C@H]3CCC4(C)C5CC=C6C7CC(C)(C)CC[C@]7(C(=O)O)[C@@H](O)C[C@@]6(C)C5(C)CC[C@H]4[C@@]3(C)C=O)OC(C(=O)O)[C@H]2O)C(O)C(O)[C@H]1O. The number of fused-ring (bicyclic) bond motifs is 7. The third-order valence-corrected chi connectivity index (χ3v) is 19.3. The van der Waals surface area contributed by atoms with Crippen LogP contribution in [0.25, 0.3) is 0 Å². The van der Waals surface area contributed by atoms with Gasteiger partial charge < -0.3 is 89.4 Å². The van der Waals surface area contributed by atoms with Crippen molar-refractivity contribution in [3.63, 3.8) is 0 Å². The van der Waals surface area contributed by atoms with Crippen LogP contribution in [0.15, 0.2) is 11.6 Å². The Hall–Kier alpha value is -2.25. The fourth-order valence-corrected chi connectivity index (χ4v) is 15.0. The molecule has 3 aliphatic heterocycles. The summed E-state index contributed by atoms with van der Waals surface area (Å²) >= 11 is 0. The van der Waals surface area contributed by atoms with Crippen LogP contribution in [0.4, 0.5) is 0 Å². The lowest BCUT2D eigenvalue weighted by molar-refractivity contribution is -0.394. The van der Waals surface area contributed by atoms with Crippen molar-refractivity contribution in [1.82, 2.24) is 0 Å². The Morgan fingerprint density at radius 1 is 0.706 bits per heavy atom. The second-order valence-electron chi connectivity index (χ2n) is 23.3. The number of aliphatic hydroxyl groups is 9. The molecular formula is C48H74O20. The van der Waals surface area contributed by atoms with Gasteiger partial charge in [-0.05, 0) is 104 Å². The minimum atomic E-state index is -2.15. The summed E-state index contributed by atoms with van der Waals surface area (Å²) in [6.45, 7) is 13.2. The maximum absolute atomic E-state index is 13.8. The first-order chi connectivity index (χ1) is 31.7. The number of carbonyl (C=O) groups is 3. The predicted molar refractivity (Wildman–Crippen MR) is 231 cm³/mol. The van der Waals surface area contributed by atoms with Crippen molar-refractivity contribution < 1.29 is 99.0 Å². The zero-order chi connectivity index (χ0) is 50.0. The van der Waals surface area contributed by atoms with Crippen molar-refractivity contribution in [2.24, 2.45) is 50.2 Å². The molecule has 386 valence electrons. The van der Waals surface area contributed by atoms with E-state index >= 15 is 0 Å². The van der Waals surface area contributed by atoms with Gasteiger partial charge in [0, 0.05) is 0 Å². The molecule has 0 radical (unpaired) electrons. The van der Waals surface area contributed by atoms with Crippen LogP contribution in [0, 0.1) is 50.2 Å². The molecule has 0 aromatic rings. The maximum atomic E-state index is 13.8. The Balaban J connectivity index is 1.13. The van der Waals surface area contributed by atoms with Gasteiger partial charge in [-0.15, -0.1) is 0 Å². The van der Waals surface area contributed by atoms with Crippen LogP contribution in [-0.4, -0.2) is 185 Å². The molecule has 8 rings (SSSR count). The highest BCUT2D eigenvalue weighted by Crippen LogP contribution is 2.76. The van der Waals surface area contributed by atoms with Crippen molar-refractivity contribution in [1.29, 1.82) is 0 Å². The molecule has 0 spiro atoms. The molecule has 0 aromatic carbocycles. The highest BCUT2D eigenvalue weighted by Gasteiger charge is 2.72. The summed E-state index contributed by atoms with van der Waals surface area (Å²) in [6, 6.07) is 0. The van der Waals surface area contributed by atoms with Gasteiger partial charge in [-0.1, -0.05) is 53.2 Å². The van der Waals surface area contributed by atoms with Gasteiger partial charge in [-0.3, -0.25) is 4.79 Å². The fraction of sp³-hybridized carbons (Fsp3) is 0.896. The van der Waals surface area contributed by atoms with Crippen LogP contribution >= 0.6 is 0 Å². The summed E-state index contributed by atoms with van der Waals surface area (Å²) in [7, 11) is 0. The van der Waals surface area contributed by atoms with E-state index in [0.717, 1.165) is 11.9 Å². The van der Waals surface area contributed by atoms with E-state index in [1.807, 2.05) is 0 Å². The summed E-state index contributed by atoms with van der Waals surface area (Å²) in [5, 5.41) is 119. The first kappa shape index (κ1) is 52.1. The number of hydrogen-bond acceptors (Lipinski definition) is 18.